The molecule has 0 aromatic heterocycles. The Labute approximate surface area is 134 Å². The van der Waals surface area contributed by atoms with Gasteiger partial charge in [0, 0.05) is 16.2 Å². The molecule has 2 nitrogen and oxygen atoms in total. The monoisotopic (exact) mass is 315 g/mol. The molecule has 1 N–H and O–H groups in total. The second-order valence-electron chi connectivity index (χ2n) is 5.70. The molecule has 1 amide bonds. The van der Waals surface area contributed by atoms with Crippen molar-refractivity contribution in [2.45, 2.75) is 31.2 Å². The molecule has 1 heterocycles. The van der Waals surface area contributed by atoms with Crippen LogP contribution in [0.5, 0.6) is 0 Å². The van der Waals surface area contributed by atoms with E-state index in [2.05, 4.69) is 5.32 Å². The van der Waals surface area contributed by atoms with Gasteiger partial charge in [-0.25, -0.2) is 4.39 Å². The molecule has 1 aliphatic heterocycles. The first kappa shape index (κ1) is 15.1. The van der Waals surface area contributed by atoms with E-state index in [0.717, 1.165) is 28.9 Å². The van der Waals surface area contributed by atoms with Crippen LogP contribution < -0.4 is 5.32 Å². The summed E-state index contributed by atoms with van der Waals surface area (Å²) in [5.41, 5.74) is 3.68. The highest BCUT2D eigenvalue weighted by Crippen LogP contribution is 2.37. The normalized spacial score (nSPS) is 17.0. The molecule has 2 aromatic rings. The standard InChI is InChI=1S/C18H18FNOS/c1-11-8-12(2)10-13(9-11)18(21)20-16-6-7-22-17-14(16)4-3-5-15(17)19/h3-5,8-10,16H,6-7H2,1-2H3,(H,20,21)/t16-/m0/s1. The summed E-state index contributed by atoms with van der Waals surface area (Å²) in [6.45, 7) is 3.96. The summed E-state index contributed by atoms with van der Waals surface area (Å²) in [6, 6.07) is 10.8. The van der Waals surface area contributed by atoms with Crippen molar-refractivity contribution in [1.82, 2.24) is 5.32 Å². The van der Waals surface area contributed by atoms with Crippen LogP contribution in [-0.2, 0) is 0 Å². The Morgan fingerprint density at radius 1 is 1.23 bits per heavy atom. The molecule has 1 atom stereocenters. The van der Waals surface area contributed by atoms with E-state index < -0.39 is 0 Å². The van der Waals surface area contributed by atoms with E-state index in [4.69, 9.17) is 0 Å². The molecule has 114 valence electrons. The Kier molecular flexibility index (Phi) is 4.21. The second kappa shape index (κ2) is 6.13. The van der Waals surface area contributed by atoms with E-state index in [1.54, 1.807) is 6.07 Å². The first-order valence-electron chi connectivity index (χ1n) is 7.35. The Balaban J connectivity index is 1.85. The number of thioether (sulfide) groups is 1. The van der Waals surface area contributed by atoms with Crippen LogP contribution in [-0.4, -0.2) is 11.7 Å². The lowest BCUT2D eigenvalue weighted by Gasteiger charge is -2.26. The minimum atomic E-state index is -0.201. The number of fused-ring (bicyclic) bond motifs is 1. The summed E-state index contributed by atoms with van der Waals surface area (Å²) in [4.78, 5) is 13.2. The molecule has 0 saturated heterocycles. The molecule has 0 radical (unpaired) electrons. The third-order valence-electron chi connectivity index (χ3n) is 3.81. The Morgan fingerprint density at radius 2 is 1.95 bits per heavy atom. The van der Waals surface area contributed by atoms with Gasteiger partial charge in [0.2, 0.25) is 0 Å². The van der Waals surface area contributed by atoms with Gasteiger partial charge in [-0.05, 0) is 44.0 Å². The maximum atomic E-state index is 13.9. The molecular weight excluding hydrogens is 297 g/mol. The average Bonchev–Trinajstić information content (AvgIpc) is 2.47. The van der Waals surface area contributed by atoms with E-state index in [0.29, 0.717) is 10.5 Å². The summed E-state index contributed by atoms with van der Waals surface area (Å²) in [5.74, 6) is 0.512. The van der Waals surface area contributed by atoms with Gasteiger partial charge < -0.3 is 5.32 Å². The minimum absolute atomic E-state index is 0.0982. The quantitative estimate of drug-likeness (QED) is 0.889. The highest BCUT2D eigenvalue weighted by molar-refractivity contribution is 7.99. The molecule has 0 fully saturated rings. The number of rotatable bonds is 2. The van der Waals surface area contributed by atoms with Gasteiger partial charge in [0.1, 0.15) is 5.82 Å². The fourth-order valence-electron chi connectivity index (χ4n) is 2.88. The van der Waals surface area contributed by atoms with Crippen molar-refractivity contribution < 1.29 is 9.18 Å². The van der Waals surface area contributed by atoms with Crippen LogP contribution in [0.2, 0.25) is 0 Å². The number of aryl methyl sites for hydroxylation is 2. The lowest BCUT2D eigenvalue weighted by Crippen LogP contribution is -2.31. The fraction of sp³-hybridized carbons (Fsp3) is 0.278. The molecule has 22 heavy (non-hydrogen) atoms. The zero-order valence-corrected chi connectivity index (χ0v) is 13.5. The van der Waals surface area contributed by atoms with Gasteiger partial charge in [0.25, 0.3) is 5.91 Å². The number of hydrogen-bond acceptors (Lipinski definition) is 2. The number of carbonyl (C=O) groups is 1. The number of benzene rings is 2. The predicted octanol–water partition coefficient (Wildman–Crippen LogP) is 4.41. The van der Waals surface area contributed by atoms with Crippen LogP contribution in [0.1, 0.15) is 39.5 Å². The van der Waals surface area contributed by atoms with Gasteiger partial charge in [-0.3, -0.25) is 4.79 Å². The summed E-state index contributed by atoms with van der Waals surface area (Å²) in [5, 5.41) is 3.05. The molecule has 2 aromatic carbocycles. The van der Waals surface area contributed by atoms with Gasteiger partial charge in [-0.2, -0.15) is 0 Å². The van der Waals surface area contributed by atoms with Crippen molar-refractivity contribution in [1.29, 1.82) is 0 Å². The summed E-state index contributed by atoms with van der Waals surface area (Å²) in [7, 11) is 0. The van der Waals surface area contributed by atoms with E-state index in [1.807, 2.05) is 38.1 Å². The molecule has 1 aliphatic rings. The highest BCUT2D eigenvalue weighted by Gasteiger charge is 2.24. The van der Waals surface area contributed by atoms with Crippen LogP contribution in [0.4, 0.5) is 4.39 Å². The first-order valence-corrected chi connectivity index (χ1v) is 8.33. The summed E-state index contributed by atoms with van der Waals surface area (Å²) < 4.78 is 13.9. The second-order valence-corrected chi connectivity index (χ2v) is 6.80. The molecule has 0 aliphatic carbocycles. The number of carbonyl (C=O) groups excluding carboxylic acids is 1. The highest BCUT2D eigenvalue weighted by atomic mass is 32.2. The largest absolute Gasteiger partial charge is 0.345 e. The number of halogens is 1. The van der Waals surface area contributed by atoms with E-state index in [1.165, 1.54) is 17.8 Å². The van der Waals surface area contributed by atoms with Crippen molar-refractivity contribution >= 4 is 17.7 Å². The van der Waals surface area contributed by atoms with Gasteiger partial charge >= 0.3 is 0 Å². The predicted molar refractivity (Wildman–Crippen MR) is 87.9 cm³/mol. The van der Waals surface area contributed by atoms with Gasteiger partial charge in [0.05, 0.1) is 6.04 Å². The van der Waals surface area contributed by atoms with Crippen molar-refractivity contribution in [2.24, 2.45) is 0 Å². The third kappa shape index (κ3) is 3.02. The number of nitrogens with one attached hydrogen (secondary N) is 1. The molecule has 0 spiro atoms. The van der Waals surface area contributed by atoms with Gasteiger partial charge in [-0.15, -0.1) is 11.8 Å². The lowest BCUT2D eigenvalue weighted by molar-refractivity contribution is 0.0934. The fourth-order valence-corrected chi connectivity index (χ4v) is 4.02. The van der Waals surface area contributed by atoms with E-state index in [9.17, 15) is 9.18 Å². The number of hydrogen-bond donors (Lipinski definition) is 1. The summed E-state index contributed by atoms with van der Waals surface area (Å²) in [6.07, 6.45) is 0.817. The number of amides is 1. The average molecular weight is 315 g/mol. The van der Waals surface area contributed by atoms with Crippen LogP contribution >= 0.6 is 11.8 Å². The van der Waals surface area contributed by atoms with Crippen LogP contribution in [0.25, 0.3) is 0 Å². The first-order chi connectivity index (χ1) is 10.5. The topological polar surface area (TPSA) is 29.1 Å². The maximum absolute atomic E-state index is 13.9. The zero-order chi connectivity index (χ0) is 15.7. The molecule has 0 unspecified atom stereocenters. The maximum Gasteiger partial charge on any atom is 0.251 e. The van der Waals surface area contributed by atoms with Crippen LogP contribution in [0, 0.1) is 19.7 Å². The molecule has 0 saturated carbocycles. The van der Waals surface area contributed by atoms with Crippen LogP contribution in [0.15, 0.2) is 41.3 Å². The smallest absolute Gasteiger partial charge is 0.251 e. The van der Waals surface area contributed by atoms with Crippen molar-refractivity contribution in [3.63, 3.8) is 0 Å². The van der Waals surface area contributed by atoms with E-state index >= 15 is 0 Å². The lowest BCUT2D eigenvalue weighted by atomic mass is 10.0. The summed E-state index contributed by atoms with van der Waals surface area (Å²) >= 11 is 1.52. The Morgan fingerprint density at radius 3 is 2.68 bits per heavy atom. The van der Waals surface area contributed by atoms with Crippen molar-refractivity contribution in [2.75, 3.05) is 5.75 Å². The Bertz CT molecular complexity index is 709. The molecule has 4 heteroatoms. The third-order valence-corrected chi connectivity index (χ3v) is 4.97. The SMILES string of the molecule is Cc1cc(C)cc(C(=O)N[C@H]2CCSc3c(F)cccc32)c1. The van der Waals surface area contributed by atoms with Gasteiger partial charge in [0.15, 0.2) is 0 Å². The molecular formula is C18H18FNOS. The van der Waals surface area contributed by atoms with Crippen molar-refractivity contribution in [3.8, 4) is 0 Å². The Hall–Kier alpha value is -1.81. The van der Waals surface area contributed by atoms with Gasteiger partial charge in [-0.1, -0.05) is 29.3 Å². The van der Waals surface area contributed by atoms with Crippen LogP contribution in [0.3, 0.4) is 0 Å². The minimum Gasteiger partial charge on any atom is -0.345 e. The van der Waals surface area contributed by atoms with Crippen molar-refractivity contribution in [3.05, 3.63) is 64.5 Å². The molecule has 3 rings (SSSR count). The zero-order valence-electron chi connectivity index (χ0n) is 12.7. The van der Waals surface area contributed by atoms with E-state index in [-0.39, 0.29) is 17.8 Å². The molecule has 0 bridgehead atoms.